The summed E-state index contributed by atoms with van der Waals surface area (Å²) < 4.78 is 7.24. The van der Waals surface area contributed by atoms with Gasteiger partial charge in [0.15, 0.2) is 5.96 Å². The first-order valence-corrected chi connectivity index (χ1v) is 9.94. The quantitative estimate of drug-likeness (QED) is 0.240. The summed E-state index contributed by atoms with van der Waals surface area (Å²) in [5, 5.41) is 8.83. The van der Waals surface area contributed by atoms with Gasteiger partial charge in [-0.25, -0.2) is 0 Å². The van der Waals surface area contributed by atoms with E-state index in [-0.39, 0.29) is 24.0 Å². The maximum atomic E-state index is 4.92. The molecule has 29 heavy (non-hydrogen) atoms. The second kappa shape index (κ2) is 10.6. The first-order chi connectivity index (χ1) is 13.8. The number of para-hydroxylation sites is 1. The van der Waals surface area contributed by atoms with Crippen molar-refractivity contribution in [2.24, 2.45) is 4.99 Å². The van der Waals surface area contributed by atoms with E-state index in [1.165, 1.54) is 10.9 Å². The average molecular weight is 508 g/mol. The summed E-state index contributed by atoms with van der Waals surface area (Å²) in [5.74, 6) is 0.999. The fraction of sp³-hybridized carbons (Fsp3) is 0.429. The molecule has 0 aliphatic carbocycles. The molecule has 4 rings (SSSR count). The van der Waals surface area contributed by atoms with Crippen molar-refractivity contribution < 1.29 is 4.52 Å². The number of nitrogens with one attached hydrogen (secondary N) is 1. The molecule has 3 aromatic rings. The number of aryl methyl sites for hydroxylation is 1. The second-order valence-corrected chi connectivity index (χ2v) is 7.15. The summed E-state index contributed by atoms with van der Waals surface area (Å²) in [7, 11) is 1.86. The zero-order valence-corrected chi connectivity index (χ0v) is 19.2. The Labute approximate surface area is 188 Å². The van der Waals surface area contributed by atoms with E-state index < -0.39 is 0 Å². The van der Waals surface area contributed by atoms with Crippen LogP contribution in [0.4, 0.5) is 0 Å². The largest absolute Gasteiger partial charge is 0.364 e. The number of hydrogen-bond donors (Lipinski definition) is 1. The van der Waals surface area contributed by atoms with E-state index in [1.807, 2.05) is 13.1 Å². The van der Waals surface area contributed by atoms with Crippen LogP contribution in [0.25, 0.3) is 10.9 Å². The van der Waals surface area contributed by atoms with E-state index in [0.717, 1.165) is 63.9 Å². The van der Waals surface area contributed by atoms with Crippen LogP contribution in [0.2, 0.25) is 0 Å². The highest BCUT2D eigenvalue weighted by atomic mass is 127. The van der Waals surface area contributed by atoms with E-state index in [2.05, 4.69) is 66.4 Å². The van der Waals surface area contributed by atoms with Gasteiger partial charge in [-0.2, -0.15) is 0 Å². The molecular weight excluding hydrogens is 479 g/mol. The monoisotopic (exact) mass is 508 g/mol. The van der Waals surface area contributed by atoms with Crippen molar-refractivity contribution in [2.75, 3.05) is 39.8 Å². The van der Waals surface area contributed by atoms with Crippen LogP contribution in [0.3, 0.4) is 0 Å². The topological polar surface area (TPSA) is 61.8 Å². The number of nitrogens with zero attached hydrogens (tertiary/aromatic N) is 5. The van der Waals surface area contributed by atoms with Crippen LogP contribution in [0.15, 0.2) is 58.4 Å². The van der Waals surface area contributed by atoms with Crippen molar-refractivity contribution in [1.82, 2.24) is 24.8 Å². The SMILES string of the molecule is CN=C(NCCCn1ccc2ccccc21)N1CCN(Cc2ccon2)CC1.I. The molecule has 2 aromatic heterocycles. The summed E-state index contributed by atoms with van der Waals surface area (Å²) in [6.07, 6.45) is 4.87. The van der Waals surface area contributed by atoms with Crippen molar-refractivity contribution in [2.45, 2.75) is 19.5 Å². The maximum Gasteiger partial charge on any atom is 0.193 e. The molecule has 8 heteroatoms. The lowest BCUT2D eigenvalue weighted by Gasteiger charge is -2.36. The number of fused-ring (bicyclic) bond motifs is 1. The van der Waals surface area contributed by atoms with Gasteiger partial charge in [0, 0.05) is 70.6 Å². The number of guanidine groups is 1. The highest BCUT2D eigenvalue weighted by molar-refractivity contribution is 14.0. The second-order valence-electron chi connectivity index (χ2n) is 7.15. The first-order valence-electron chi connectivity index (χ1n) is 9.94. The van der Waals surface area contributed by atoms with Crippen LogP contribution in [0, 0.1) is 0 Å². The average Bonchev–Trinajstić information content (AvgIpc) is 3.39. The lowest BCUT2D eigenvalue weighted by molar-refractivity contribution is 0.169. The molecule has 156 valence electrons. The van der Waals surface area contributed by atoms with E-state index in [0.29, 0.717) is 0 Å². The smallest absolute Gasteiger partial charge is 0.193 e. The molecule has 0 bridgehead atoms. The van der Waals surface area contributed by atoms with E-state index >= 15 is 0 Å². The Balaban J connectivity index is 0.00000240. The maximum absolute atomic E-state index is 4.92. The van der Waals surface area contributed by atoms with Crippen LogP contribution < -0.4 is 5.32 Å². The van der Waals surface area contributed by atoms with Gasteiger partial charge in [0.1, 0.15) is 6.26 Å². The molecule has 1 fully saturated rings. The number of halogens is 1. The molecule has 1 aliphatic rings. The fourth-order valence-electron chi connectivity index (χ4n) is 3.78. The van der Waals surface area contributed by atoms with Crippen molar-refractivity contribution in [3.63, 3.8) is 0 Å². The van der Waals surface area contributed by atoms with Crippen LogP contribution in [-0.2, 0) is 13.1 Å². The van der Waals surface area contributed by atoms with Crippen LogP contribution in [0.5, 0.6) is 0 Å². The summed E-state index contributed by atoms with van der Waals surface area (Å²) in [6, 6.07) is 12.6. The number of rotatable bonds is 6. The van der Waals surface area contributed by atoms with Gasteiger partial charge in [-0.15, -0.1) is 24.0 Å². The molecule has 0 unspecified atom stereocenters. The number of aromatic nitrogens is 2. The van der Waals surface area contributed by atoms with Crippen LogP contribution in [0.1, 0.15) is 12.1 Å². The van der Waals surface area contributed by atoms with Gasteiger partial charge in [0.2, 0.25) is 0 Å². The Bertz CT molecular complexity index is 899. The van der Waals surface area contributed by atoms with Crippen molar-refractivity contribution in [3.05, 3.63) is 54.6 Å². The molecule has 3 heterocycles. The summed E-state index contributed by atoms with van der Waals surface area (Å²) >= 11 is 0. The van der Waals surface area contributed by atoms with Gasteiger partial charge in [-0.3, -0.25) is 9.89 Å². The van der Waals surface area contributed by atoms with Gasteiger partial charge in [-0.1, -0.05) is 23.4 Å². The van der Waals surface area contributed by atoms with Gasteiger partial charge < -0.3 is 19.3 Å². The molecule has 1 N–H and O–H groups in total. The van der Waals surface area contributed by atoms with Crippen molar-refractivity contribution in [1.29, 1.82) is 0 Å². The lowest BCUT2D eigenvalue weighted by Crippen LogP contribution is -2.52. The minimum Gasteiger partial charge on any atom is -0.364 e. The van der Waals surface area contributed by atoms with E-state index in [1.54, 1.807) is 6.26 Å². The number of hydrogen-bond acceptors (Lipinski definition) is 4. The number of aliphatic imine (C=N–C) groups is 1. The van der Waals surface area contributed by atoms with Gasteiger partial charge in [0.05, 0.1) is 5.69 Å². The molecule has 1 aromatic carbocycles. The number of piperazine rings is 1. The van der Waals surface area contributed by atoms with Gasteiger partial charge >= 0.3 is 0 Å². The standard InChI is InChI=1S/C21H28N6O.HI/c1-22-21(27-14-12-25(13-15-27)17-19-8-16-28-24-19)23-9-4-10-26-11-7-18-5-2-3-6-20(18)26;/h2-3,5-8,11,16H,4,9-10,12-15,17H2,1H3,(H,22,23);1H. The molecule has 1 aliphatic heterocycles. The van der Waals surface area contributed by atoms with Crippen molar-refractivity contribution in [3.8, 4) is 0 Å². The van der Waals surface area contributed by atoms with Crippen LogP contribution in [-0.4, -0.2) is 65.3 Å². The summed E-state index contributed by atoms with van der Waals surface area (Å²) in [6.45, 7) is 6.72. The van der Waals surface area contributed by atoms with Gasteiger partial charge in [0.25, 0.3) is 0 Å². The molecule has 7 nitrogen and oxygen atoms in total. The highest BCUT2D eigenvalue weighted by Gasteiger charge is 2.20. The molecule has 0 saturated carbocycles. The van der Waals surface area contributed by atoms with Crippen molar-refractivity contribution >= 4 is 40.8 Å². The first kappa shape index (κ1) is 21.6. The molecule has 1 saturated heterocycles. The third-order valence-electron chi connectivity index (χ3n) is 5.30. The molecule has 0 spiro atoms. The van der Waals surface area contributed by atoms with E-state index in [9.17, 15) is 0 Å². The fourth-order valence-corrected chi connectivity index (χ4v) is 3.78. The third kappa shape index (κ3) is 5.51. The zero-order valence-electron chi connectivity index (χ0n) is 16.8. The van der Waals surface area contributed by atoms with E-state index in [4.69, 9.17) is 4.52 Å². The predicted molar refractivity (Wildman–Crippen MR) is 127 cm³/mol. The molecule has 0 atom stereocenters. The number of benzene rings is 1. The Morgan fingerprint density at radius 1 is 1.14 bits per heavy atom. The zero-order chi connectivity index (χ0) is 19.2. The third-order valence-corrected chi connectivity index (χ3v) is 5.30. The highest BCUT2D eigenvalue weighted by Crippen LogP contribution is 2.15. The lowest BCUT2D eigenvalue weighted by atomic mass is 10.2. The predicted octanol–water partition coefficient (Wildman–Crippen LogP) is 3.03. The van der Waals surface area contributed by atoms with Crippen LogP contribution >= 0.6 is 24.0 Å². The summed E-state index contributed by atoms with van der Waals surface area (Å²) in [5.41, 5.74) is 2.30. The van der Waals surface area contributed by atoms with Gasteiger partial charge in [-0.05, 0) is 23.9 Å². The Morgan fingerprint density at radius 2 is 1.97 bits per heavy atom. The minimum atomic E-state index is 0. The Hall–Kier alpha value is -2.07. The summed E-state index contributed by atoms with van der Waals surface area (Å²) in [4.78, 5) is 9.21. The minimum absolute atomic E-state index is 0. The molecule has 0 amide bonds. The molecular formula is C21H29IN6O. The molecule has 0 radical (unpaired) electrons. The normalized spacial score (nSPS) is 15.5. The Kier molecular flexibility index (Phi) is 7.93. The Morgan fingerprint density at radius 3 is 2.72 bits per heavy atom.